The van der Waals surface area contributed by atoms with Crippen molar-refractivity contribution in [3.8, 4) is 5.75 Å². The highest BCUT2D eigenvalue weighted by Crippen LogP contribution is 2.24. The van der Waals surface area contributed by atoms with Crippen molar-refractivity contribution in [2.24, 2.45) is 16.6 Å². The number of ether oxygens (including phenoxy) is 1. The number of guanidine groups is 1. The molecule has 21 heavy (non-hydrogen) atoms. The molecule has 0 aliphatic carbocycles. The lowest BCUT2D eigenvalue weighted by atomic mass is 10.00. The molecule has 1 heterocycles. The Hall–Kier alpha value is -0.690. The Morgan fingerprint density at radius 3 is 2.71 bits per heavy atom. The van der Waals surface area contributed by atoms with Gasteiger partial charge in [-0.25, -0.2) is 4.99 Å². The number of nitrogens with two attached hydrogens (primary N) is 1. The zero-order valence-electron chi connectivity index (χ0n) is 12.5. The summed E-state index contributed by atoms with van der Waals surface area (Å²) in [6.07, 6.45) is 2.36. The topological polar surface area (TPSA) is 50.9 Å². The molecule has 1 aliphatic rings. The lowest BCUT2D eigenvalue weighted by molar-refractivity contribution is 0.277. The molecule has 1 saturated heterocycles. The quantitative estimate of drug-likeness (QED) is 0.460. The van der Waals surface area contributed by atoms with Gasteiger partial charge in [-0.05, 0) is 30.9 Å². The van der Waals surface area contributed by atoms with Gasteiger partial charge in [-0.2, -0.15) is 0 Å². The molecule has 0 amide bonds. The van der Waals surface area contributed by atoms with Crippen LogP contribution in [-0.4, -0.2) is 31.1 Å². The summed E-state index contributed by atoms with van der Waals surface area (Å²) in [5, 5.41) is 0.660. The molecule has 1 aromatic carbocycles. The smallest absolute Gasteiger partial charge is 0.191 e. The van der Waals surface area contributed by atoms with Crippen molar-refractivity contribution in [2.75, 3.05) is 20.2 Å². The normalized spacial score (nSPS) is 16.5. The van der Waals surface area contributed by atoms with Crippen LogP contribution in [0.3, 0.4) is 0 Å². The molecule has 4 nitrogen and oxygen atoms in total. The fourth-order valence-corrected chi connectivity index (χ4v) is 2.51. The molecule has 2 rings (SSSR count). The molecular weight excluding hydrogens is 401 g/mol. The zero-order valence-corrected chi connectivity index (χ0v) is 15.6. The van der Waals surface area contributed by atoms with Crippen LogP contribution in [0.4, 0.5) is 0 Å². The first kappa shape index (κ1) is 18.4. The van der Waals surface area contributed by atoms with Crippen molar-refractivity contribution in [1.29, 1.82) is 0 Å². The van der Waals surface area contributed by atoms with E-state index in [-0.39, 0.29) is 24.0 Å². The number of methoxy groups -OCH3 is 1. The summed E-state index contributed by atoms with van der Waals surface area (Å²) in [5.41, 5.74) is 7.06. The number of rotatable bonds is 3. The van der Waals surface area contributed by atoms with E-state index in [2.05, 4.69) is 16.8 Å². The van der Waals surface area contributed by atoms with Crippen molar-refractivity contribution in [2.45, 2.75) is 26.3 Å². The first-order valence-corrected chi connectivity index (χ1v) is 7.35. The lowest BCUT2D eigenvalue weighted by Crippen LogP contribution is -2.42. The second-order valence-electron chi connectivity index (χ2n) is 5.30. The van der Waals surface area contributed by atoms with Gasteiger partial charge in [-0.1, -0.05) is 24.6 Å². The van der Waals surface area contributed by atoms with E-state index in [4.69, 9.17) is 22.1 Å². The summed E-state index contributed by atoms with van der Waals surface area (Å²) < 4.78 is 5.31. The molecule has 1 aliphatic heterocycles. The van der Waals surface area contributed by atoms with Crippen LogP contribution in [0, 0.1) is 5.92 Å². The molecular formula is C15H23ClIN3O. The predicted octanol–water partition coefficient (Wildman–Crippen LogP) is 3.51. The molecule has 118 valence electrons. The summed E-state index contributed by atoms with van der Waals surface area (Å²) in [6, 6.07) is 5.56. The zero-order chi connectivity index (χ0) is 14.5. The Morgan fingerprint density at radius 2 is 2.10 bits per heavy atom. The molecule has 0 spiro atoms. The Kier molecular flexibility index (Phi) is 7.59. The van der Waals surface area contributed by atoms with E-state index in [9.17, 15) is 0 Å². The fourth-order valence-electron chi connectivity index (χ4n) is 2.35. The van der Waals surface area contributed by atoms with Gasteiger partial charge >= 0.3 is 0 Å². The summed E-state index contributed by atoms with van der Waals surface area (Å²) in [7, 11) is 1.63. The molecule has 0 atom stereocenters. The maximum absolute atomic E-state index is 6.07. The van der Waals surface area contributed by atoms with Crippen LogP contribution >= 0.6 is 35.6 Å². The number of halogens is 2. The predicted molar refractivity (Wildman–Crippen MR) is 98.7 cm³/mol. The fraction of sp³-hybridized carbons (Fsp3) is 0.533. The number of piperidine rings is 1. The van der Waals surface area contributed by atoms with Crippen LogP contribution < -0.4 is 10.5 Å². The number of aliphatic imine (C=N–C) groups is 1. The molecule has 0 aromatic heterocycles. The van der Waals surface area contributed by atoms with E-state index in [1.54, 1.807) is 13.2 Å². The van der Waals surface area contributed by atoms with Crippen LogP contribution in [0.1, 0.15) is 25.3 Å². The van der Waals surface area contributed by atoms with Crippen LogP contribution in [0.2, 0.25) is 5.02 Å². The Balaban J connectivity index is 0.00000220. The van der Waals surface area contributed by atoms with E-state index in [0.717, 1.165) is 30.3 Å². The molecule has 1 fully saturated rings. The SMILES string of the molecule is COc1cc(Cl)ccc1CN=C(N)N1CCC(C)CC1.I. The minimum absolute atomic E-state index is 0. The van der Waals surface area contributed by atoms with Gasteiger partial charge in [0.05, 0.1) is 13.7 Å². The van der Waals surface area contributed by atoms with Gasteiger partial charge in [0.15, 0.2) is 5.96 Å². The molecule has 0 saturated carbocycles. The summed E-state index contributed by atoms with van der Waals surface area (Å²) >= 11 is 5.94. The monoisotopic (exact) mass is 423 g/mol. The minimum Gasteiger partial charge on any atom is -0.496 e. The Bertz CT molecular complexity index is 488. The van der Waals surface area contributed by atoms with E-state index in [1.807, 2.05) is 12.1 Å². The third kappa shape index (κ3) is 5.21. The largest absolute Gasteiger partial charge is 0.496 e. The number of hydrogen-bond donors (Lipinski definition) is 1. The first-order valence-electron chi connectivity index (χ1n) is 6.97. The van der Waals surface area contributed by atoms with Gasteiger partial charge in [0.25, 0.3) is 0 Å². The Morgan fingerprint density at radius 1 is 1.43 bits per heavy atom. The van der Waals surface area contributed by atoms with Gasteiger partial charge in [-0.15, -0.1) is 24.0 Å². The molecule has 2 N–H and O–H groups in total. The minimum atomic E-state index is 0. The maximum atomic E-state index is 6.07. The van der Waals surface area contributed by atoms with E-state index >= 15 is 0 Å². The van der Waals surface area contributed by atoms with Gasteiger partial charge in [-0.3, -0.25) is 0 Å². The van der Waals surface area contributed by atoms with Crippen molar-refractivity contribution in [1.82, 2.24) is 4.90 Å². The number of likely N-dealkylation sites (tertiary alicyclic amines) is 1. The lowest BCUT2D eigenvalue weighted by Gasteiger charge is -2.31. The van der Waals surface area contributed by atoms with Gasteiger partial charge in [0.2, 0.25) is 0 Å². The van der Waals surface area contributed by atoms with E-state index in [1.165, 1.54) is 12.8 Å². The summed E-state index contributed by atoms with van der Waals surface area (Å²) in [5.74, 6) is 2.16. The van der Waals surface area contributed by atoms with Crippen LogP contribution in [0.15, 0.2) is 23.2 Å². The van der Waals surface area contributed by atoms with Crippen LogP contribution in [0.25, 0.3) is 0 Å². The standard InChI is InChI=1S/C15H22ClN3O.HI/c1-11-5-7-19(8-6-11)15(17)18-10-12-3-4-13(16)9-14(12)20-2;/h3-4,9,11H,5-8,10H2,1-2H3,(H2,17,18);1H. The Labute approximate surface area is 148 Å². The number of benzene rings is 1. The van der Waals surface area contributed by atoms with E-state index in [0.29, 0.717) is 17.5 Å². The van der Waals surface area contributed by atoms with E-state index < -0.39 is 0 Å². The molecule has 1 aromatic rings. The molecule has 0 bridgehead atoms. The third-order valence-electron chi connectivity index (χ3n) is 3.77. The van der Waals surface area contributed by atoms with Crippen molar-refractivity contribution in [3.63, 3.8) is 0 Å². The van der Waals surface area contributed by atoms with Gasteiger partial charge in [0, 0.05) is 23.7 Å². The van der Waals surface area contributed by atoms with Crippen molar-refractivity contribution in [3.05, 3.63) is 28.8 Å². The highest BCUT2D eigenvalue weighted by atomic mass is 127. The molecule has 0 unspecified atom stereocenters. The second-order valence-corrected chi connectivity index (χ2v) is 5.74. The molecule has 6 heteroatoms. The summed E-state index contributed by atoms with van der Waals surface area (Å²) in [4.78, 5) is 6.63. The molecule has 0 radical (unpaired) electrons. The van der Waals surface area contributed by atoms with Gasteiger partial charge < -0.3 is 15.4 Å². The summed E-state index contributed by atoms with van der Waals surface area (Å²) in [6.45, 7) is 4.78. The first-order chi connectivity index (χ1) is 9.60. The number of hydrogen-bond acceptors (Lipinski definition) is 2. The maximum Gasteiger partial charge on any atom is 0.191 e. The van der Waals surface area contributed by atoms with Crippen molar-refractivity contribution < 1.29 is 4.74 Å². The van der Waals surface area contributed by atoms with Crippen molar-refractivity contribution >= 4 is 41.5 Å². The third-order valence-corrected chi connectivity index (χ3v) is 4.00. The van der Waals surface area contributed by atoms with Crippen LogP contribution in [0.5, 0.6) is 5.75 Å². The second kappa shape index (κ2) is 8.68. The average molecular weight is 424 g/mol. The van der Waals surface area contributed by atoms with Gasteiger partial charge in [0.1, 0.15) is 5.75 Å². The average Bonchev–Trinajstić information content (AvgIpc) is 2.46. The number of nitrogens with zero attached hydrogens (tertiary/aromatic N) is 2. The van der Waals surface area contributed by atoms with Crippen LogP contribution in [-0.2, 0) is 6.54 Å². The highest BCUT2D eigenvalue weighted by Gasteiger charge is 2.17. The highest BCUT2D eigenvalue weighted by molar-refractivity contribution is 14.0.